The Hall–Kier alpha value is -1.16. The minimum Gasteiger partial charge on any atom is -0.513 e. The van der Waals surface area contributed by atoms with Crippen molar-refractivity contribution in [3.05, 3.63) is 24.0 Å². The summed E-state index contributed by atoms with van der Waals surface area (Å²) < 4.78 is 0. The maximum Gasteiger partial charge on any atom is 0.0885 e. The van der Waals surface area contributed by atoms with Crippen LogP contribution >= 0.6 is 0 Å². The van der Waals surface area contributed by atoms with Crippen LogP contribution in [0.3, 0.4) is 0 Å². The molecule has 1 aliphatic carbocycles. The number of aliphatic hydroxyl groups excluding tert-OH is 1. The first-order valence-corrected chi connectivity index (χ1v) is 4.23. The summed E-state index contributed by atoms with van der Waals surface area (Å²) in [4.78, 5) is 0. The van der Waals surface area contributed by atoms with E-state index in [0.717, 1.165) is 19.3 Å². The van der Waals surface area contributed by atoms with Gasteiger partial charge in [0.05, 0.1) is 5.76 Å². The predicted octanol–water partition coefficient (Wildman–Crippen LogP) is 2.81. The third-order valence-electron chi connectivity index (χ3n) is 2.17. The van der Waals surface area contributed by atoms with Gasteiger partial charge in [0.1, 0.15) is 0 Å². The summed E-state index contributed by atoms with van der Waals surface area (Å²) in [6.07, 6.45) is 4.95. The van der Waals surface area contributed by atoms with Gasteiger partial charge in [-0.25, -0.2) is 0 Å². The van der Waals surface area contributed by atoms with E-state index in [1.807, 2.05) is 6.92 Å². The Morgan fingerprint density at radius 1 is 1.75 bits per heavy atom. The minimum atomic E-state index is 0.257. The van der Waals surface area contributed by atoms with Crippen molar-refractivity contribution in [1.29, 1.82) is 0 Å². The minimum absolute atomic E-state index is 0.257. The molecule has 1 atom stereocenters. The van der Waals surface area contributed by atoms with Gasteiger partial charge in [-0.1, -0.05) is 18.6 Å². The molecule has 0 aromatic heterocycles. The highest BCUT2D eigenvalue weighted by molar-refractivity contribution is 5.29. The van der Waals surface area contributed by atoms with Crippen LogP contribution in [-0.4, -0.2) is 5.11 Å². The molecule has 0 aromatic carbocycles. The maximum atomic E-state index is 9.13. The second kappa shape index (κ2) is 4.01. The fourth-order valence-corrected chi connectivity index (χ4v) is 1.41. The average molecular weight is 162 g/mol. The Morgan fingerprint density at radius 2 is 2.50 bits per heavy atom. The van der Waals surface area contributed by atoms with Gasteiger partial charge < -0.3 is 5.11 Å². The molecule has 0 amide bonds. The normalized spacial score (nSPS) is 22.1. The number of allylic oxidation sites excluding steroid dienone is 3. The van der Waals surface area contributed by atoms with Crippen LogP contribution in [0.1, 0.15) is 26.2 Å². The fourth-order valence-electron chi connectivity index (χ4n) is 1.41. The third-order valence-corrected chi connectivity index (χ3v) is 2.17. The van der Waals surface area contributed by atoms with Crippen molar-refractivity contribution >= 4 is 0 Å². The van der Waals surface area contributed by atoms with E-state index in [1.54, 1.807) is 0 Å². The molecule has 1 N–H and O–H groups in total. The van der Waals surface area contributed by atoms with Crippen molar-refractivity contribution in [3.63, 3.8) is 0 Å². The molecule has 0 aliphatic heterocycles. The monoisotopic (exact) mass is 162 g/mol. The van der Waals surface area contributed by atoms with Crippen LogP contribution < -0.4 is 0 Å². The Labute approximate surface area is 73.8 Å². The topological polar surface area (TPSA) is 20.2 Å². The largest absolute Gasteiger partial charge is 0.513 e. The van der Waals surface area contributed by atoms with E-state index in [-0.39, 0.29) is 5.92 Å². The molecule has 0 saturated heterocycles. The molecule has 0 aromatic rings. The lowest BCUT2D eigenvalue weighted by Crippen LogP contribution is -2.06. The standard InChI is InChI=1S/C11H14O/c1-3-4-10-5-7-11(8-6-10)9(2)12/h5,11-12H,2,6-8H2,1H3. The second-order valence-electron chi connectivity index (χ2n) is 3.07. The lowest BCUT2D eigenvalue weighted by atomic mass is 9.89. The molecule has 0 heterocycles. The van der Waals surface area contributed by atoms with Crippen LogP contribution in [0.25, 0.3) is 0 Å². The summed E-state index contributed by atoms with van der Waals surface area (Å²) in [5, 5.41) is 9.13. The van der Waals surface area contributed by atoms with Crippen molar-refractivity contribution in [2.45, 2.75) is 26.2 Å². The zero-order valence-electron chi connectivity index (χ0n) is 7.43. The maximum absolute atomic E-state index is 9.13. The highest BCUT2D eigenvalue weighted by Gasteiger charge is 2.15. The van der Waals surface area contributed by atoms with Crippen LogP contribution in [0, 0.1) is 17.8 Å². The number of rotatable bonds is 1. The highest BCUT2D eigenvalue weighted by atomic mass is 16.3. The van der Waals surface area contributed by atoms with E-state index in [9.17, 15) is 0 Å². The van der Waals surface area contributed by atoms with E-state index in [1.165, 1.54) is 5.57 Å². The summed E-state index contributed by atoms with van der Waals surface area (Å²) >= 11 is 0. The van der Waals surface area contributed by atoms with Crippen molar-refractivity contribution < 1.29 is 5.11 Å². The summed E-state index contributed by atoms with van der Waals surface area (Å²) in [7, 11) is 0. The Morgan fingerprint density at radius 3 is 2.92 bits per heavy atom. The van der Waals surface area contributed by atoms with E-state index in [0.29, 0.717) is 5.76 Å². The molecule has 1 unspecified atom stereocenters. The Kier molecular flexibility index (Phi) is 2.99. The summed E-state index contributed by atoms with van der Waals surface area (Å²) in [5.74, 6) is 6.49. The van der Waals surface area contributed by atoms with E-state index >= 15 is 0 Å². The van der Waals surface area contributed by atoms with Crippen molar-refractivity contribution in [3.8, 4) is 11.8 Å². The molecule has 0 fully saturated rings. The van der Waals surface area contributed by atoms with E-state index in [4.69, 9.17) is 5.11 Å². The SMILES string of the molecule is C=C(O)C1CC=C(C#CC)CC1. The zero-order chi connectivity index (χ0) is 8.97. The Balaban J connectivity index is 2.57. The molecule has 1 rings (SSSR count). The summed E-state index contributed by atoms with van der Waals surface area (Å²) in [5.41, 5.74) is 1.20. The van der Waals surface area contributed by atoms with Gasteiger partial charge in [0.2, 0.25) is 0 Å². The molecule has 12 heavy (non-hydrogen) atoms. The van der Waals surface area contributed by atoms with Crippen LogP contribution in [0.15, 0.2) is 24.0 Å². The molecule has 1 heteroatoms. The van der Waals surface area contributed by atoms with Crippen LogP contribution in [0.2, 0.25) is 0 Å². The third kappa shape index (κ3) is 2.17. The predicted molar refractivity (Wildman–Crippen MR) is 50.6 cm³/mol. The molecular weight excluding hydrogens is 148 g/mol. The van der Waals surface area contributed by atoms with Gasteiger partial charge in [-0.2, -0.15) is 0 Å². The van der Waals surface area contributed by atoms with Gasteiger partial charge in [0.15, 0.2) is 0 Å². The van der Waals surface area contributed by atoms with Crippen LogP contribution in [-0.2, 0) is 0 Å². The van der Waals surface area contributed by atoms with Gasteiger partial charge in [-0.3, -0.25) is 0 Å². The first-order valence-electron chi connectivity index (χ1n) is 4.23. The van der Waals surface area contributed by atoms with E-state index < -0.39 is 0 Å². The molecule has 1 aliphatic rings. The quantitative estimate of drug-likeness (QED) is 0.464. The lowest BCUT2D eigenvalue weighted by Gasteiger charge is -2.18. The van der Waals surface area contributed by atoms with Crippen LogP contribution in [0.4, 0.5) is 0 Å². The van der Waals surface area contributed by atoms with Crippen molar-refractivity contribution in [2.75, 3.05) is 0 Å². The first kappa shape index (κ1) is 8.93. The van der Waals surface area contributed by atoms with Crippen molar-refractivity contribution in [1.82, 2.24) is 0 Å². The molecule has 0 saturated carbocycles. The van der Waals surface area contributed by atoms with E-state index in [2.05, 4.69) is 24.5 Å². The van der Waals surface area contributed by atoms with Gasteiger partial charge in [0.25, 0.3) is 0 Å². The van der Waals surface area contributed by atoms with Gasteiger partial charge in [-0.15, -0.1) is 5.92 Å². The average Bonchev–Trinajstić information content (AvgIpc) is 2.06. The smallest absolute Gasteiger partial charge is 0.0885 e. The van der Waals surface area contributed by atoms with Gasteiger partial charge in [-0.05, 0) is 31.8 Å². The zero-order valence-corrected chi connectivity index (χ0v) is 7.43. The molecule has 0 spiro atoms. The number of hydrogen-bond donors (Lipinski definition) is 1. The lowest BCUT2D eigenvalue weighted by molar-refractivity contribution is 0.317. The number of aliphatic hydroxyl groups is 1. The first-order chi connectivity index (χ1) is 5.74. The van der Waals surface area contributed by atoms with Crippen molar-refractivity contribution in [2.24, 2.45) is 5.92 Å². The fraction of sp³-hybridized carbons (Fsp3) is 0.455. The van der Waals surface area contributed by atoms with Crippen LogP contribution in [0.5, 0.6) is 0 Å². The van der Waals surface area contributed by atoms with Gasteiger partial charge in [0, 0.05) is 5.92 Å². The summed E-state index contributed by atoms with van der Waals surface area (Å²) in [6, 6.07) is 0. The molecule has 1 nitrogen and oxygen atoms in total. The molecular formula is C11H14O. The highest BCUT2D eigenvalue weighted by Crippen LogP contribution is 2.26. The Bertz CT molecular complexity index is 262. The molecule has 64 valence electrons. The molecule has 0 radical (unpaired) electrons. The number of hydrogen-bond acceptors (Lipinski definition) is 1. The second-order valence-corrected chi connectivity index (χ2v) is 3.07. The van der Waals surface area contributed by atoms with Gasteiger partial charge >= 0.3 is 0 Å². The molecule has 0 bridgehead atoms. The summed E-state index contributed by atoms with van der Waals surface area (Å²) in [6.45, 7) is 5.39.